The van der Waals surface area contributed by atoms with E-state index in [1.807, 2.05) is 30.3 Å². The van der Waals surface area contributed by atoms with E-state index in [0.29, 0.717) is 30.9 Å². The highest BCUT2D eigenvalue weighted by Gasteiger charge is 2.28. The van der Waals surface area contributed by atoms with Crippen molar-refractivity contribution in [1.82, 2.24) is 9.62 Å². The molecule has 7 heteroatoms. The Morgan fingerprint density at radius 2 is 1.83 bits per heavy atom. The van der Waals surface area contributed by atoms with Crippen LogP contribution in [0.4, 0.5) is 0 Å². The van der Waals surface area contributed by atoms with E-state index in [-0.39, 0.29) is 10.8 Å². The second-order valence-corrected chi connectivity index (χ2v) is 8.82. The third-order valence-corrected chi connectivity index (χ3v) is 6.78. The third-order valence-electron chi connectivity index (χ3n) is 4.86. The molecule has 0 saturated carbocycles. The molecule has 1 aliphatic rings. The lowest BCUT2D eigenvalue weighted by Gasteiger charge is -2.26. The van der Waals surface area contributed by atoms with Crippen molar-refractivity contribution in [2.24, 2.45) is 0 Å². The fourth-order valence-electron chi connectivity index (χ4n) is 3.26. The van der Waals surface area contributed by atoms with Crippen LogP contribution in [-0.4, -0.2) is 38.8 Å². The average molecular weight is 415 g/mol. The van der Waals surface area contributed by atoms with Crippen LogP contribution in [0.5, 0.6) is 5.75 Å². The van der Waals surface area contributed by atoms with Gasteiger partial charge in [0, 0.05) is 25.7 Å². The van der Waals surface area contributed by atoms with Crippen LogP contribution in [0.25, 0.3) is 6.08 Å². The number of ether oxygens (including phenoxy) is 1. The number of carbonyl (C=O) groups excluding carboxylic acids is 1. The molecule has 2 aromatic rings. The van der Waals surface area contributed by atoms with Crippen LogP contribution in [0.15, 0.2) is 59.5 Å². The first-order chi connectivity index (χ1) is 14.0. The summed E-state index contributed by atoms with van der Waals surface area (Å²) < 4.78 is 32.9. The van der Waals surface area contributed by atoms with E-state index in [1.54, 1.807) is 24.3 Å². The number of nitrogens with one attached hydrogen (secondary N) is 1. The predicted octanol–water partition coefficient (Wildman–Crippen LogP) is 3.20. The van der Waals surface area contributed by atoms with E-state index in [4.69, 9.17) is 4.74 Å². The maximum atomic E-state index is 13.1. The number of benzene rings is 2. The Morgan fingerprint density at radius 1 is 1.10 bits per heavy atom. The molecular weight excluding hydrogens is 388 g/mol. The van der Waals surface area contributed by atoms with Crippen molar-refractivity contribution in [2.45, 2.75) is 30.7 Å². The van der Waals surface area contributed by atoms with Gasteiger partial charge < -0.3 is 10.1 Å². The third kappa shape index (κ3) is 5.46. The number of nitrogens with zero attached hydrogens (tertiary/aromatic N) is 1. The zero-order valence-corrected chi connectivity index (χ0v) is 17.3. The quantitative estimate of drug-likeness (QED) is 0.706. The highest BCUT2D eigenvalue weighted by atomic mass is 32.2. The molecule has 0 bridgehead atoms. The Balaban J connectivity index is 1.74. The molecule has 1 N–H and O–H groups in total. The molecule has 6 nitrogen and oxygen atoms in total. The molecule has 1 fully saturated rings. The van der Waals surface area contributed by atoms with Crippen molar-refractivity contribution in [1.29, 1.82) is 0 Å². The molecule has 2 aromatic carbocycles. The van der Waals surface area contributed by atoms with Crippen molar-refractivity contribution in [2.75, 3.05) is 20.2 Å². The van der Waals surface area contributed by atoms with E-state index >= 15 is 0 Å². The highest BCUT2D eigenvalue weighted by Crippen LogP contribution is 2.29. The van der Waals surface area contributed by atoms with Gasteiger partial charge in [-0.25, -0.2) is 8.42 Å². The van der Waals surface area contributed by atoms with Crippen molar-refractivity contribution in [3.63, 3.8) is 0 Å². The molecule has 0 atom stereocenters. The lowest BCUT2D eigenvalue weighted by atomic mass is 10.2. The Bertz CT molecular complexity index is 966. The highest BCUT2D eigenvalue weighted by molar-refractivity contribution is 7.89. The summed E-state index contributed by atoms with van der Waals surface area (Å²) in [7, 11) is -2.18. The minimum absolute atomic E-state index is 0.133. The number of piperidine rings is 1. The monoisotopic (exact) mass is 414 g/mol. The molecule has 29 heavy (non-hydrogen) atoms. The van der Waals surface area contributed by atoms with Gasteiger partial charge in [0.05, 0.1) is 7.11 Å². The summed E-state index contributed by atoms with van der Waals surface area (Å²) in [5, 5.41) is 2.81. The van der Waals surface area contributed by atoms with E-state index < -0.39 is 10.0 Å². The summed E-state index contributed by atoms with van der Waals surface area (Å²) in [5.41, 5.74) is 1.63. The maximum absolute atomic E-state index is 13.1. The van der Waals surface area contributed by atoms with Crippen molar-refractivity contribution in [3.05, 3.63) is 65.7 Å². The van der Waals surface area contributed by atoms with Crippen LogP contribution >= 0.6 is 0 Å². The van der Waals surface area contributed by atoms with Crippen molar-refractivity contribution >= 4 is 22.0 Å². The van der Waals surface area contributed by atoms with Crippen LogP contribution < -0.4 is 10.1 Å². The standard InChI is InChI=1S/C22H26N2O4S/c1-28-20-12-10-18(11-13-22(25)23-17-19-8-4-2-5-9-19)16-21(20)29(26,27)24-14-6-3-7-15-24/h2,4-5,8-13,16H,3,6-7,14-15,17H2,1H3,(H,23,25)/b13-11+. The lowest BCUT2D eigenvalue weighted by Crippen LogP contribution is -2.35. The van der Waals surface area contributed by atoms with E-state index in [2.05, 4.69) is 5.32 Å². The Hall–Kier alpha value is -2.64. The number of amides is 1. The molecular formula is C22H26N2O4S. The Labute approximate surface area is 172 Å². The fraction of sp³-hybridized carbons (Fsp3) is 0.318. The zero-order valence-electron chi connectivity index (χ0n) is 16.5. The molecule has 154 valence electrons. The van der Waals surface area contributed by atoms with Gasteiger partial charge in [-0.05, 0) is 42.2 Å². The van der Waals surface area contributed by atoms with Crippen molar-refractivity contribution < 1.29 is 17.9 Å². The first-order valence-corrected chi connectivity index (χ1v) is 11.1. The number of sulfonamides is 1. The maximum Gasteiger partial charge on any atom is 0.246 e. The van der Waals surface area contributed by atoms with Gasteiger partial charge in [0.15, 0.2) is 0 Å². The number of methoxy groups -OCH3 is 1. The zero-order chi connectivity index (χ0) is 20.7. The van der Waals surface area contributed by atoms with Crippen LogP contribution in [0.3, 0.4) is 0 Å². The molecule has 3 rings (SSSR count). The van der Waals surface area contributed by atoms with Crippen molar-refractivity contribution in [3.8, 4) is 5.75 Å². The molecule has 1 amide bonds. The lowest BCUT2D eigenvalue weighted by molar-refractivity contribution is -0.116. The topological polar surface area (TPSA) is 75.7 Å². The average Bonchev–Trinajstić information content (AvgIpc) is 2.77. The summed E-state index contributed by atoms with van der Waals surface area (Å²) >= 11 is 0. The van der Waals surface area contributed by atoms with Gasteiger partial charge in [0.25, 0.3) is 0 Å². The smallest absolute Gasteiger partial charge is 0.246 e. The summed E-state index contributed by atoms with van der Waals surface area (Å²) in [5.74, 6) is 0.0614. The number of hydrogen-bond donors (Lipinski definition) is 1. The first kappa shape index (κ1) is 21.1. The number of hydrogen-bond acceptors (Lipinski definition) is 4. The SMILES string of the molecule is COc1ccc(/C=C/C(=O)NCc2ccccc2)cc1S(=O)(=O)N1CCCCC1. The molecule has 1 saturated heterocycles. The van der Waals surface area contributed by atoms with Gasteiger partial charge in [-0.3, -0.25) is 4.79 Å². The largest absolute Gasteiger partial charge is 0.495 e. The normalized spacial score (nSPS) is 15.3. The summed E-state index contributed by atoms with van der Waals surface area (Å²) in [6.45, 7) is 1.47. The first-order valence-electron chi connectivity index (χ1n) is 9.69. The van der Waals surface area contributed by atoms with Gasteiger partial charge in [-0.15, -0.1) is 0 Å². The van der Waals surface area contributed by atoms with Gasteiger partial charge >= 0.3 is 0 Å². The van der Waals surface area contributed by atoms with E-state index in [0.717, 1.165) is 24.8 Å². The summed E-state index contributed by atoms with van der Waals surface area (Å²) in [6.07, 6.45) is 5.78. The summed E-state index contributed by atoms with van der Waals surface area (Å²) in [6, 6.07) is 14.5. The fourth-order valence-corrected chi connectivity index (χ4v) is 4.97. The minimum Gasteiger partial charge on any atom is -0.495 e. The second kappa shape index (κ2) is 9.71. The van der Waals surface area contributed by atoms with Gasteiger partial charge in [0.2, 0.25) is 15.9 Å². The van der Waals surface area contributed by atoms with E-state index in [1.165, 1.54) is 17.5 Å². The summed E-state index contributed by atoms with van der Waals surface area (Å²) in [4.78, 5) is 12.2. The van der Waals surface area contributed by atoms with Crippen LogP contribution in [0, 0.1) is 0 Å². The molecule has 0 spiro atoms. The van der Waals surface area contributed by atoms with Crippen LogP contribution in [-0.2, 0) is 21.4 Å². The molecule has 0 radical (unpaired) electrons. The minimum atomic E-state index is -3.64. The van der Waals surface area contributed by atoms with Gasteiger partial charge in [-0.2, -0.15) is 4.31 Å². The predicted molar refractivity (Wildman–Crippen MR) is 113 cm³/mol. The number of rotatable bonds is 7. The van der Waals surface area contributed by atoms with Crippen LogP contribution in [0.1, 0.15) is 30.4 Å². The molecule has 0 unspecified atom stereocenters. The Kier molecular flexibility index (Phi) is 7.06. The molecule has 1 heterocycles. The number of carbonyl (C=O) groups is 1. The second-order valence-electron chi connectivity index (χ2n) is 6.91. The Morgan fingerprint density at radius 3 is 2.52 bits per heavy atom. The van der Waals surface area contributed by atoms with Crippen LogP contribution in [0.2, 0.25) is 0 Å². The molecule has 0 aromatic heterocycles. The van der Waals surface area contributed by atoms with Gasteiger partial charge in [-0.1, -0.05) is 42.8 Å². The van der Waals surface area contributed by atoms with E-state index in [9.17, 15) is 13.2 Å². The molecule has 1 aliphatic heterocycles. The molecule has 0 aliphatic carbocycles. The van der Waals surface area contributed by atoms with Gasteiger partial charge in [0.1, 0.15) is 10.6 Å².